The maximum Gasteiger partial charge on any atom is 0.237 e. The Hall–Kier alpha value is -1.12. The highest BCUT2D eigenvalue weighted by molar-refractivity contribution is 5.79. The number of rotatable bonds is 4. The lowest BCUT2D eigenvalue weighted by Crippen LogP contribution is -2.55. The van der Waals surface area contributed by atoms with E-state index in [1.165, 1.54) is 6.42 Å². The smallest absolute Gasteiger partial charge is 0.237 e. The van der Waals surface area contributed by atoms with Gasteiger partial charge in [-0.2, -0.15) is 5.26 Å². The molecule has 2 N–H and O–H groups in total. The Morgan fingerprint density at radius 1 is 1.35 bits per heavy atom. The van der Waals surface area contributed by atoms with Gasteiger partial charge in [0.05, 0.1) is 12.6 Å². The summed E-state index contributed by atoms with van der Waals surface area (Å²) in [4.78, 5) is 14.1. The van der Waals surface area contributed by atoms with Crippen LogP contribution in [0.15, 0.2) is 0 Å². The largest absolute Gasteiger partial charge is 0.326 e. The van der Waals surface area contributed by atoms with Crippen molar-refractivity contribution in [1.29, 1.82) is 5.26 Å². The Labute approximate surface area is 121 Å². The number of nitriles is 1. The van der Waals surface area contributed by atoms with Crippen molar-refractivity contribution in [3.05, 3.63) is 0 Å². The minimum Gasteiger partial charge on any atom is -0.326 e. The molecule has 2 fully saturated rings. The van der Waals surface area contributed by atoms with Crippen LogP contribution in [0.4, 0.5) is 0 Å². The van der Waals surface area contributed by atoms with Gasteiger partial charge >= 0.3 is 0 Å². The fraction of sp³-hybridized carbons (Fsp3) is 0.867. The van der Waals surface area contributed by atoms with Crippen LogP contribution in [0.2, 0.25) is 0 Å². The fourth-order valence-corrected chi connectivity index (χ4v) is 3.27. The third-order valence-corrected chi connectivity index (χ3v) is 4.94. The second-order valence-corrected chi connectivity index (χ2v) is 6.50. The number of likely N-dealkylation sites (N-methyl/N-ethyl adjacent to an activating group) is 1. The van der Waals surface area contributed by atoms with Gasteiger partial charge < -0.3 is 15.5 Å². The molecule has 1 amide bonds. The van der Waals surface area contributed by atoms with Crippen molar-refractivity contribution >= 4 is 5.91 Å². The molecule has 1 atom stereocenters. The molecule has 1 aliphatic carbocycles. The highest BCUT2D eigenvalue weighted by atomic mass is 16.2. The first-order valence-electron chi connectivity index (χ1n) is 7.65. The minimum absolute atomic E-state index is 0.00285. The third-order valence-electron chi connectivity index (χ3n) is 4.94. The van der Waals surface area contributed by atoms with Crippen LogP contribution in [-0.2, 0) is 4.79 Å². The molecule has 0 radical (unpaired) electrons. The Morgan fingerprint density at radius 3 is 2.60 bits per heavy atom. The zero-order valence-electron chi connectivity index (χ0n) is 12.7. The van der Waals surface area contributed by atoms with Gasteiger partial charge in [0.25, 0.3) is 0 Å². The van der Waals surface area contributed by atoms with Gasteiger partial charge in [-0.15, -0.1) is 0 Å². The van der Waals surface area contributed by atoms with Crippen LogP contribution in [0.3, 0.4) is 0 Å². The van der Waals surface area contributed by atoms with E-state index in [0.717, 1.165) is 45.2 Å². The Kier molecular flexibility index (Phi) is 4.66. The van der Waals surface area contributed by atoms with Gasteiger partial charge in [-0.1, -0.05) is 19.3 Å². The summed E-state index contributed by atoms with van der Waals surface area (Å²) in [7, 11) is 1.79. The van der Waals surface area contributed by atoms with E-state index in [-0.39, 0.29) is 11.4 Å². The quantitative estimate of drug-likeness (QED) is 0.805. The molecule has 1 aliphatic heterocycles. The standard InChI is InChI=1S/C15H26N4O/c1-14(8-9-17-12-14)18-10-13(20)19(2)15(11-16)6-4-3-5-7-15/h17-18H,3-10,12H2,1-2H3. The van der Waals surface area contributed by atoms with Crippen molar-refractivity contribution in [2.45, 2.75) is 56.5 Å². The molecular formula is C15H26N4O. The zero-order chi connectivity index (χ0) is 14.6. The summed E-state index contributed by atoms with van der Waals surface area (Å²) < 4.78 is 0. The molecule has 1 saturated heterocycles. The van der Waals surface area contributed by atoms with Crippen molar-refractivity contribution < 1.29 is 4.79 Å². The number of carbonyl (C=O) groups excluding carboxylic acids is 1. The monoisotopic (exact) mass is 278 g/mol. The molecule has 1 heterocycles. The van der Waals surface area contributed by atoms with Gasteiger partial charge in [-0.3, -0.25) is 4.79 Å². The molecule has 0 aromatic heterocycles. The molecule has 0 bridgehead atoms. The summed E-state index contributed by atoms with van der Waals surface area (Å²) in [6.45, 7) is 4.35. The predicted molar refractivity (Wildman–Crippen MR) is 78.1 cm³/mol. The maximum atomic E-state index is 12.4. The Balaban J connectivity index is 1.92. The lowest BCUT2D eigenvalue weighted by atomic mass is 9.81. The van der Waals surface area contributed by atoms with Crippen LogP contribution in [0, 0.1) is 11.3 Å². The van der Waals surface area contributed by atoms with Crippen molar-refractivity contribution in [3.8, 4) is 6.07 Å². The average Bonchev–Trinajstić information content (AvgIpc) is 2.92. The summed E-state index contributed by atoms with van der Waals surface area (Å²) in [5.41, 5.74) is -0.575. The summed E-state index contributed by atoms with van der Waals surface area (Å²) in [6, 6.07) is 2.40. The second-order valence-electron chi connectivity index (χ2n) is 6.50. The molecule has 20 heavy (non-hydrogen) atoms. The highest BCUT2D eigenvalue weighted by Crippen LogP contribution is 2.32. The van der Waals surface area contributed by atoms with Gasteiger partial charge in [-0.25, -0.2) is 0 Å². The SMILES string of the molecule is CN(C(=O)CNC1(C)CCNC1)C1(C#N)CCCCC1. The Bertz CT molecular complexity index is 389. The van der Waals surface area contributed by atoms with Crippen LogP contribution in [0.5, 0.6) is 0 Å². The zero-order valence-corrected chi connectivity index (χ0v) is 12.7. The lowest BCUT2D eigenvalue weighted by Gasteiger charge is -2.39. The van der Waals surface area contributed by atoms with Crippen molar-refractivity contribution in [3.63, 3.8) is 0 Å². The molecule has 2 rings (SSSR count). The molecule has 0 aromatic carbocycles. The third kappa shape index (κ3) is 3.13. The number of hydrogen-bond donors (Lipinski definition) is 2. The molecule has 0 spiro atoms. The molecule has 1 unspecified atom stereocenters. The summed E-state index contributed by atoms with van der Waals surface area (Å²) in [6.07, 6.45) is 5.91. The maximum absolute atomic E-state index is 12.4. The fourth-order valence-electron chi connectivity index (χ4n) is 3.27. The van der Waals surface area contributed by atoms with Gasteiger partial charge in [0.15, 0.2) is 0 Å². The van der Waals surface area contributed by atoms with Gasteiger partial charge in [0.1, 0.15) is 5.54 Å². The number of nitrogens with one attached hydrogen (secondary N) is 2. The van der Waals surface area contributed by atoms with E-state index in [1.807, 2.05) is 0 Å². The van der Waals surface area contributed by atoms with Crippen LogP contribution >= 0.6 is 0 Å². The minimum atomic E-state index is -0.578. The summed E-state index contributed by atoms with van der Waals surface area (Å²) in [5, 5.41) is 16.2. The van der Waals surface area contributed by atoms with E-state index in [9.17, 15) is 10.1 Å². The van der Waals surface area contributed by atoms with Gasteiger partial charge in [0.2, 0.25) is 5.91 Å². The molecule has 0 aromatic rings. The normalized spacial score (nSPS) is 28.9. The van der Waals surface area contributed by atoms with Crippen LogP contribution in [0.1, 0.15) is 45.4 Å². The topological polar surface area (TPSA) is 68.2 Å². The van der Waals surface area contributed by atoms with E-state index >= 15 is 0 Å². The van der Waals surface area contributed by atoms with E-state index in [1.54, 1.807) is 11.9 Å². The van der Waals surface area contributed by atoms with Crippen molar-refractivity contribution in [2.75, 3.05) is 26.7 Å². The number of amides is 1. The van der Waals surface area contributed by atoms with Crippen molar-refractivity contribution in [2.24, 2.45) is 0 Å². The molecular weight excluding hydrogens is 252 g/mol. The van der Waals surface area contributed by atoms with Gasteiger partial charge in [0, 0.05) is 19.1 Å². The van der Waals surface area contributed by atoms with E-state index in [2.05, 4.69) is 23.6 Å². The molecule has 2 aliphatic rings. The predicted octanol–water partition coefficient (Wildman–Crippen LogP) is 1.01. The number of nitrogens with zero attached hydrogens (tertiary/aromatic N) is 2. The summed E-state index contributed by atoms with van der Waals surface area (Å²) in [5.74, 6) is 0.0292. The first-order valence-corrected chi connectivity index (χ1v) is 7.65. The van der Waals surface area contributed by atoms with Crippen LogP contribution < -0.4 is 10.6 Å². The molecule has 1 saturated carbocycles. The number of hydrogen-bond acceptors (Lipinski definition) is 4. The van der Waals surface area contributed by atoms with E-state index < -0.39 is 5.54 Å². The molecule has 112 valence electrons. The first-order chi connectivity index (χ1) is 9.51. The van der Waals surface area contributed by atoms with Crippen LogP contribution in [0.25, 0.3) is 0 Å². The Morgan fingerprint density at radius 2 is 2.05 bits per heavy atom. The van der Waals surface area contributed by atoms with Crippen molar-refractivity contribution in [1.82, 2.24) is 15.5 Å². The number of carbonyl (C=O) groups is 1. The second kappa shape index (κ2) is 6.11. The molecule has 5 nitrogen and oxygen atoms in total. The average molecular weight is 278 g/mol. The van der Waals surface area contributed by atoms with E-state index in [4.69, 9.17) is 0 Å². The van der Waals surface area contributed by atoms with Crippen LogP contribution in [-0.4, -0.2) is 48.6 Å². The van der Waals surface area contributed by atoms with Gasteiger partial charge in [-0.05, 0) is 32.7 Å². The summed E-state index contributed by atoms with van der Waals surface area (Å²) >= 11 is 0. The van der Waals surface area contributed by atoms with E-state index in [0.29, 0.717) is 6.54 Å². The highest BCUT2D eigenvalue weighted by Gasteiger charge is 2.39. The molecule has 5 heteroatoms. The first kappa shape index (κ1) is 15.3. The lowest BCUT2D eigenvalue weighted by molar-refractivity contribution is -0.134.